The van der Waals surface area contributed by atoms with Crippen LogP contribution in [0.3, 0.4) is 0 Å². The molecule has 17 heavy (non-hydrogen) atoms. The highest BCUT2D eigenvalue weighted by Gasteiger charge is 2.13. The first-order valence-electron chi connectivity index (χ1n) is 5.44. The summed E-state index contributed by atoms with van der Waals surface area (Å²) in [5.74, 6) is 1.43. The molecule has 1 atom stereocenters. The Morgan fingerprint density at radius 1 is 1.12 bits per heavy atom. The molecule has 90 valence electrons. The summed E-state index contributed by atoms with van der Waals surface area (Å²) in [7, 11) is 3.25. The molecule has 0 amide bonds. The average molecular weight is 232 g/mol. The van der Waals surface area contributed by atoms with E-state index in [1.807, 2.05) is 25.1 Å². The van der Waals surface area contributed by atoms with E-state index in [2.05, 4.69) is 4.98 Å². The molecule has 0 spiro atoms. The topological polar surface area (TPSA) is 57.4 Å². The first-order chi connectivity index (χ1) is 8.19. The molecule has 0 aliphatic rings. The van der Waals surface area contributed by atoms with E-state index in [-0.39, 0.29) is 6.04 Å². The molecule has 1 unspecified atom stereocenters. The number of rotatable bonds is 3. The number of methoxy groups -OCH3 is 2. The van der Waals surface area contributed by atoms with Crippen LogP contribution in [0.1, 0.15) is 18.7 Å². The summed E-state index contributed by atoms with van der Waals surface area (Å²) in [6.45, 7) is 1.92. The number of hydrogen-bond donors (Lipinski definition) is 1. The highest BCUT2D eigenvalue weighted by atomic mass is 16.5. The number of pyridine rings is 1. The number of ether oxygens (including phenoxy) is 2. The molecule has 0 bridgehead atoms. The Morgan fingerprint density at radius 2 is 1.88 bits per heavy atom. The van der Waals surface area contributed by atoms with Gasteiger partial charge in [-0.3, -0.25) is 4.98 Å². The van der Waals surface area contributed by atoms with Gasteiger partial charge in [-0.1, -0.05) is 0 Å². The van der Waals surface area contributed by atoms with Gasteiger partial charge in [0.05, 0.1) is 19.9 Å². The molecule has 0 radical (unpaired) electrons. The number of benzene rings is 1. The zero-order chi connectivity index (χ0) is 12.4. The Balaban J connectivity index is 2.78. The van der Waals surface area contributed by atoms with Gasteiger partial charge in [0.1, 0.15) is 0 Å². The fourth-order valence-corrected chi connectivity index (χ4v) is 1.96. The van der Waals surface area contributed by atoms with Crippen molar-refractivity contribution in [2.24, 2.45) is 5.73 Å². The third-order valence-corrected chi connectivity index (χ3v) is 2.75. The molecule has 0 aliphatic heterocycles. The molecule has 0 aliphatic carbocycles. The number of nitrogens with zero attached hydrogens (tertiary/aromatic N) is 1. The third kappa shape index (κ3) is 1.91. The van der Waals surface area contributed by atoms with E-state index in [0.29, 0.717) is 11.5 Å². The zero-order valence-corrected chi connectivity index (χ0v) is 10.2. The van der Waals surface area contributed by atoms with Gasteiger partial charge in [-0.25, -0.2) is 0 Å². The van der Waals surface area contributed by atoms with E-state index in [0.717, 1.165) is 16.5 Å². The Bertz CT molecular complexity index is 538. The van der Waals surface area contributed by atoms with Crippen LogP contribution in [-0.2, 0) is 0 Å². The average Bonchev–Trinajstić information content (AvgIpc) is 2.36. The van der Waals surface area contributed by atoms with Crippen molar-refractivity contribution in [3.63, 3.8) is 0 Å². The summed E-state index contributed by atoms with van der Waals surface area (Å²) in [6.07, 6.45) is 1.74. The molecule has 1 aromatic carbocycles. The summed E-state index contributed by atoms with van der Waals surface area (Å²) < 4.78 is 10.7. The fourth-order valence-electron chi connectivity index (χ4n) is 1.96. The lowest BCUT2D eigenvalue weighted by atomic mass is 10.0. The quantitative estimate of drug-likeness (QED) is 0.882. The Morgan fingerprint density at radius 3 is 2.47 bits per heavy atom. The lowest BCUT2D eigenvalue weighted by Crippen LogP contribution is -2.08. The number of aromatic nitrogens is 1. The lowest BCUT2D eigenvalue weighted by molar-refractivity contribution is 0.358. The van der Waals surface area contributed by atoms with Crippen molar-refractivity contribution < 1.29 is 9.47 Å². The maximum Gasteiger partial charge on any atom is 0.168 e. The van der Waals surface area contributed by atoms with Crippen LogP contribution in [0.2, 0.25) is 0 Å². The van der Waals surface area contributed by atoms with Crippen LogP contribution in [-0.4, -0.2) is 19.2 Å². The number of fused-ring (bicyclic) bond motifs is 1. The second-order valence-electron chi connectivity index (χ2n) is 3.88. The molecule has 4 nitrogen and oxygen atoms in total. The maximum atomic E-state index is 5.91. The van der Waals surface area contributed by atoms with Gasteiger partial charge in [-0.15, -0.1) is 0 Å². The highest BCUT2D eigenvalue weighted by molar-refractivity contribution is 5.92. The monoisotopic (exact) mass is 232 g/mol. The van der Waals surface area contributed by atoms with Crippen LogP contribution in [0.25, 0.3) is 10.8 Å². The predicted molar refractivity (Wildman–Crippen MR) is 67.4 cm³/mol. The van der Waals surface area contributed by atoms with Gasteiger partial charge >= 0.3 is 0 Å². The molecule has 0 fully saturated rings. The number of hydrogen-bond acceptors (Lipinski definition) is 4. The van der Waals surface area contributed by atoms with E-state index in [1.54, 1.807) is 20.4 Å². The molecule has 2 rings (SSSR count). The van der Waals surface area contributed by atoms with Crippen molar-refractivity contribution in [2.45, 2.75) is 13.0 Å². The Labute approximate surface area is 100 Å². The second kappa shape index (κ2) is 4.59. The summed E-state index contributed by atoms with van der Waals surface area (Å²) in [5.41, 5.74) is 6.77. The van der Waals surface area contributed by atoms with Crippen LogP contribution >= 0.6 is 0 Å². The SMILES string of the molecule is COc1ccc2c(C(C)N)nccc2c1OC. The number of nitrogens with two attached hydrogens (primary N) is 1. The van der Waals surface area contributed by atoms with E-state index in [9.17, 15) is 0 Å². The normalized spacial score (nSPS) is 12.5. The standard InChI is InChI=1S/C13H16N2O2/c1-8(14)12-9-4-5-11(16-2)13(17-3)10(9)6-7-15-12/h4-8H,14H2,1-3H3. The van der Waals surface area contributed by atoms with Crippen LogP contribution < -0.4 is 15.2 Å². The van der Waals surface area contributed by atoms with Crippen LogP contribution in [0, 0.1) is 0 Å². The molecule has 0 saturated carbocycles. The van der Waals surface area contributed by atoms with Gasteiger partial charge in [0.2, 0.25) is 0 Å². The summed E-state index contributed by atoms with van der Waals surface area (Å²) in [4.78, 5) is 4.32. The van der Waals surface area contributed by atoms with Crippen molar-refractivity contribution >= 4 is 10.8 Å². The van der Waals surface area contributed by atoms with Crippen LogP contribution in [0.4, 0.5) is 0 Å². The molecule has 0 saturated heterocycles. The summed E-state index contributed by atoms with van der Waals surface area (Å²) >= 11 is 0. The van der Waals surface area contributed by atoms with Gasteiger partial charge in [0, 0.05) is 23.0 Å². The Kier molecular flexibility index (Phi) is 3.15. The van der Waals surface area contributed by atoms with Gasteiger partial charge in [0.25, 0.3) is 0 Å². The van der Waals surface area contributed by atoms with E-state index in [1.165, 1.54) is 0 Å². The van der Waals surface area contributed by atoms with Gasteiger partial charge in [-0.2, -0.15) is 0 Å². The predicted octanol–water partition coefficient (Wildman–Crippen LogP) is 2.27. The summed E-state index contributed by atoms with van der Waals surface area (Å²) in [5, 5.41) is 1.97. The Hall–Kier alpha value is -1.81. The highest BCUT2D eigenvalue weighted by Crippen LogP contribution is 2.36. The fraction of sp³-hybridized carbons (Fsp3) is 0.308. The first-order valence-corrected chi connectivity index (χ1v) is 5.44. The zero-order valence-electron chi connectivity index (χ0n) is 10.2. The molecular formula is C13H16N2O2. The minimum atomic E-state index is -0.114. The van der Waals surface area contributed by atoms with Crippen molar-refractivity contribution in [3.05, 3.63) is 30.1 Å². The third-order valence-electron chi connectivity index (χ3n) is 2.75. The maximum absolute atomic E-state index is 5.91. The minimum absolute atomic E-state index is 0.114. The van der Waals surface area contributed by atoms with Crippen molar-refractivity contribution in [3.8, 4) is 11.5 Å². The minimum Gasteiger partial charge on any atom is -0.493 e. The molecule has 2 aromatic rings. The second-order valence-corrected chi connectivity index (χ2v) is 3.88. The molecular weight excluding hydrogens is 216 g/mol. The van der Waals surface area contributed by atoms with Crippen LogP contribution in [0.15, 0.2) is 24.4 Å². The van der Waals surface area contributed by atoms with Crippen molar-refractivity contribution in [1.82, 2.24) is 4.98 Å². The van der Waals surface area contributed by atoms with Crippen molar-refractivity contribution in [2.75, 3.05) is 14.2 Å². The van der Waals surface area contributed by atoms with Gasteiger partial charge in [-0.05, 0) is 25.1 Å². The molecule has 4 heteroatoms. The first kappa shape index (κ1) is 11.7. The molecule has 1 heterocycles. The van der Waals surface area contributed by atoms with E-state index in [4.69, 9.17) is 15.2 Å². The van der Waals surface area contributed by atoms with Crippen LogP contribution in [0.5, 0.6) is 11.5 Å². The van der Waals surface area contributed by atoms with Gasteiger partial charge in [0.15, 0.2) is 11.5 Å². The van der Waals surface area contributed by atoms with Crippen molar-refractivity contribution in [1.29, 1.82) is 0 Å². The van der Waals surface area contributed by atoms with E-state index < -0.39 is 0 Å². The molecule has 2 N–H and O–H groups in total. The largest absolute Gasteiger partial charge is 0.493 e. The smallest absolute Gasteiger partial charge is 0.168 e. The van der Waals surface area contributed by atoms with E-state index >= 15 is 0 Å². The lowest BCUT2D eigenvalue weighted by Gasteiger charge is -2.13. The molecule has 1 aromatic heterocycles. The summed E-state index contributed by atoms with van der Waals surface area (Å²) in [6, 6.07) is 5.62. The van der Waals surface area contributed by atoms with Gasteiger partial charge < -0.3 is 15.2 Å².